The molecule has 0 aliphatic heterocycles. The predicted octanol–water partition coefficient (Wildman–Crippen LogP) is 4.31. The fraction of sp³-hybridized carbons (Fsp3) is 0.538. The maximum Gasteiger partial charge on any atom is 0.264 e. The third-order valence-corrected chi connectivity index (χ3v) is 9.22. The molecule has 0 fully saturated rings. The lowest BCUT2D eigenvalue weighted by Gasteiger charge is -2.36. The fourth-order valence-corrected chi connectivity index (χ4v) is 3.46. The number of hydrogen-bond acceptors (Lipinski definition) is 3. The van der Waals surface area contributed by atoms with Gasteiger partial charge in [-0.1, -0.05) is 26.8 Å². The molecule has 0 unspecified atom stereocenters. The molecule has 1 aromatic rings. The quantitative estimate of drug-likeness (QED) is 0.616. The molecule has 0 saturated heterocycles. The standard InChI is InChI=1S/C13H21ClO3SSi/c1-10-7-8-11(12(9-10)18(14,15)16)17-19(5,6)13(2,3)4/h7-9H,1-6H3. The van der Waals surface area contributed by atoms with E-state index in [4.69, 9.17) is 15.1 Å². The first-order chi connectivity index (χ1) is 8.34. The van der Waals surface area contributed by atoms with Crippen LogP contribution in [0.1, 0.15) is 26.3 Å². The minimum Gasteiger partial charge on any atom is -0.543 e. The third-order valence-electron chi connectivity index (χ3n) is 3.53. The molecule has 0 aromatic heterocycles. The fourth-order valence-electron chi connectivity index (χ4n) is 1.32. The number of halogens is 1. The molecular weight excluding hydrogens is 300 g/mol. The van der Waals surface area contributed by atoms with Gasteiger partial charge < -0.3 is 4.43 Å². The molecule has 6 heteroatoms. The Labute approximate surface area is 121 Å². The summed E-state index contributed by atoms with van der Waals surface area (Å²) in [4.78, 5) is 0.0546. The minimum absolute atomic E-state index is 0.00870. The molecule has 0 aliphatic carbocycles. The number of hydrogen-bond donors (Lipinski definition) is 0. The van der Waals surface area contributed by atoms with Crippen molar-refractivity contribution >= 4 is 28.1 Å². The normalized spacial score (nSPS) is 13.4. The van der Waals surface area contributed by atoms with Crippen LogP contribution in [0.25, 0.3) is 0 Å². The van der Waals surface area contributed by atoms with Gasteiger partial charge >= 0.3 is 0 Å². The number of benzene rings is 1. The van der Waals surface area contributed by atoms with Crippen molar-refractivity contribution in [3.05, 3.63) is 23.8 Å². The van der Waals surface area contributed by atoms with Gasteiger partial charge in [-0.05, 0) is 42.8 Å². The van der Waals surface area contributed by atoms with Gasteiger partial charge in [0.25, 0.3) is 17.4 Å². The smallest absolute Gasteiger partial charge is 0.264 e. The zero-order chi connectivity index (χ0) is 15.1. The lowest BCUT2D eigenvalue weighted by molar-refractivity contribution is 0.480. The Morgan fingerprint density at radius 1 is 1.21 bits per heavy atom. The van der Waals surface area contributed by atoms with E-state index in [1.165, 1.54) is 0 Å². The van der Waals surface area contributed by atoms with Crippen LogP contribution in [0.2, 0.25) is 18.1 Å². The highest BCUT2D eigenvalue weighted by Gasteiger charge is 2.39. The molecule has 0 saturated carbocycles. The van der Waals surface area contributed by atoms with E-state index in [9.17, 15) is 8.42 Å². The second-order valence-corrected chi connectivity index (χ2v) is 13.5. The molecule has 19 heavy (non-hydrogen) atoms. The van der Waals surface area contributed by atoms with Crippen molar-refractivity contribution in [1.82, 2.24) is 0 Å². The molecule has 1 rings (SSSR count). The second-order valence-electron chi connectivity index (χ2n) is 6.25. The topological polar surface area (TPSA) is 43.4 Å². The second kappa shape index (κ2) is 5.11. The van der Waals surface area contributed by atoms with Gasteiger partial charge in [0.15, 0.2) is 0 Å². The van der Waals surface area contributed by atoms with Crippen LogP contribution in [-0.4, -0.2) is 16.7 Å². The van der Waals surface area contributed by atoms with E-state index in [2.05, 4.69) is 33.9 Å². The van der Waals surface area contributed by atoms with E-state index in [0.717, 1.165) is 5.56 Å². The molecule has 1 aromatic carbocycles. The lowest BCUT2D eigenvalue weighted by Crippen LogP contribution is -2.44. The highest BCUT2D eigenvalue weighted by molar-refractivity contribution is 8.13. The molecule has 0 atom stereocenters. The largest absolute Gasteiger partial charge is 0.543 e. The zero-order valence-corrected chi connectivity index (χ0v) is 14.8. The number of aryl methyl sites for hydroxylation is 1. The van der Waals surface area contributed by atoms with Crippen LogP contribution in [0.4, 0.5) is 0 Å². The zero-order valence-electron chi connectivity index (χ0n) is 12.2. The average molecular weight is 321 g/mol. The van der Waals surface area contributed by atoms with Crippen molar-refractivity contribution in [2.75, 3.05) is 0 Å². The van der Waals surface area contributed by atoms with Crippen molar-refractivity contribution in [2.24, 2.45) is 0 Å². The Morgan fingerprint density at radius 3 is 2.16 bits per heavy atom. The van der Waals surface area contributed by atoms with Crippen molar-refractivity contribution in [3.63, 3.8) is 0 Å². The summed E-state index contributed by atoms with van der Waals surface area (Å²) in [7, 11) is -0.414. The highest BCUT2D eigenvalue weighted by atomic mass is 35.7. The third kappa shape index (κ3) is 3.97. The molecule has 0 amide bonds. The van der Waals surface area contributed by atoms with E-state index < -0.39 is 17.4 Å². The molecule has 0 bridgehead atoms. The first-order valence-electron chi connectivity index (χ1n) is 6.09. The maximum atomic E-state index is 11.6. The summed E-state index contributed by atoms with van der Waals surface area (Å²) < 4.78 is 29.3. The minimum atomic E-state index is -3.80. The number of rotatable bonds is 3. The molecule has 3 nitrogen and oxygen atoms in total. The maximum absolute atomic E-state index is 11.6. The molecule has 0 spiro atoms. The Bertz CT molecular complexity index is 574. The van der Waals surface area contributed by atoms with Gasteiger partial charge in [0, 0.05) is 10.7 Å². The van der Waals surface area contributed by atoms with Crippen LogP contribution in [0.5, 0.6) is 5.75 Å². The molecule has 0 heterocycles. The highest BCUT2D eigenvalue weighted by Crippen LogP contribution is 2.39. The summed E-state index contributed by atoms with van der Waals surface area (Å²) in [5.41, 5.74) is 0.835. The van der Waals surface area contributed by atoms with Crippen LogP contribution in [-0.2, 0) is 9.05 Å². The Kier molecular flexibility index (Phi) is 4.44. The van der Waals surface area contributed by atoms with Crippen LogP contribution in [0.3, 0.4) is 0 Å². The molecule has 108 valence electrons. The van der Waals surface area contributed by atoms with Gasteiger partial charge in [0.2, 0.25) is 0 Å². The van der Waals surface area contributed by atoms with Gasteiger partial charge in [0.1, 0.15) is 10.6 Å². The van der Waals surface area contributed by atoms with Gasteiger partial charge in [-0.15, -0.1) is 0 Å². The van der Waals surface area contributed by atoms with Crippen molar-refractivity contribution in [3.8, 4) is 5.75 Å². The van der Waals surface area contributed by atoms with Gasteiger partial charge in [-0.25, -0.2) is 8.42 Å². The Hall–Kier alpha value is -0.523. The van der Waals surface area contributed by atoms with Crippen molar-refractivity contribution in [1.29, 1.82) is 0 Å². The van der Waals surface area contributed by atoms with Gasteiger partial charge in [0.05, 0.1) is 0 Å². The Balaban J connectivity index is 3.31. The summed E-state index contributed by atoms with van der Waals surface area (Å²) in [6, 6.07) is 5.06. The van der Waals surface area contributed by atoms with Crippen LogP contribution < -0.4 is 4.43 Å². The van der Waals surface area contributed by atoms with Gasteiger partial charge in [-0.3, -0.25) is 0 Å². The first-order valence-corrected chi connectivity index (χ1v) is 11.3. The van der Waals surface area contributed by atoms with Gasteiger partial charge in [-0.2, -0.15) is 0 Å². The average Bonchev–Trinajstić information content (AvgIpc) is 2.17. The summed E-state index contributed by atoms with van der Waals surface area (Å²) in [6.45, 7) is 12.3. The monoisotopic (exact) mass is 320 g/mol. The summed E-state index contributed by atoms with van der Waals surface area (Å²) in [6.07, 6.45) is 0. The summed E-state index contributed by atoms with van der Waals surface area (Å²) in [5, 5.41) is -0.00870. The first kappa shape index (κ1) is 16.5. The van der Waals surface area contributed by atoms with Crippen molar-refractivity contribution in [2.45, 2.75) is 50.7 Å². The molecular formula is C13H21ClO3SSi. The van der Waals surface area contributed by atoms with Crippen LogP contribution in [0, 0.1) is 6.92 Å². The van der Waals surface area contributed by atoms with Crippen LogP contribution in [0.15, 0.2) is 23.1 Å². The lowest BCUT2D eigenvalue weighted by atomic mass is 10.2. The van der Waals surface area contributed by atoms with E-state index in [0.29, 0.717) is 5.75 Å². The molecule has 0 aliphatic rings. The van der Waals surface area contributed by atoms with Crippen molar-refractivity contribution < 1.29 is 12.8 Å². The summed E-state index contributed by atoms with van der Waals surface area (Å²) >= 11 is 0. The predicted molar refractivity (Wildman–Crippen MR) is 82.0 cm³/mol. The van der Waals surface area contributed by atoms with E-state index in [1.54, 1.807) is 12.1 Å². The summed E-state index contributed by atoms with van der Waals surface area (Å²) in [5.74, 6) is 0.354. The van der Waals surface area contributed by atoms with Crippen LogP contribution >= 0.6 is 10.7 Å². The van der Waals surface area contributed by atoms with E-state index in [-0.39, 0.29) is 9.93 Å². The SMILES string of the molecule is Cc1ccc(O[Si](C)(C)C(C)(C)C)c(S(=O)(=O)Cl)c1. The molecule has 0 radical (unpaired) electrons. The van der Waals surface area contributed by atoms with E-state index >= 15 is 0 Å². The Morgan fingerprint density at radius 2 is 1.74 bits per heavy atom. The molecule has 0 N–H and O–H groups in total. The van der Waals surface area contributed by atoms with E-state index in [1.807, 2.05) is 13.0 Å².